The Kier molecular flexibility index (Phi) is 4.70. The number of hydrogen-bond donors (Lipinski definition) is 4. The van der Waals surface area contributed by atoms with Gasteiger partial charge in [0.05, 0.1) is 12.6 Å². The number of rotatable bonds is 4. The van der Waals surface area contributed by atoms with Crippen molar-refractivity contribution in [1.29, 1.82) is 0 Å². The maximum atomic E-state index is 11.4. The quantitative estimate of drug-likeness (QED) is 0.450. The summed E-state index contributed by atoms with van der Waals surface area (Å²) in [5, 5.41) is 11.4. The summed E-state index contributed by atoms with van der Waals surface area (Å²) in [6.07, 6.45) is -1.37. The van der Waals surface area contributed by atoms with Crippen molar-refractivity contribution in [2.24, 2.45) is 16.9 Å². The lowest BCUT2D eigenvalue weighted by atomic mass is 9.87. The van der Waals surface area contributed by atoms with Crippen molar-refractivity contribution in [3.63, 3.8) is 0 Å². The van der Waals surface area contributed by atoms with Crippen molar-refractivity contribution in [3.8, 4) is 0 Å². The Morgan fingerprint density at radius 1 is 1.40 bits per heavy atom. The molecule has 0 aromatic rings. The third-order valence-electron chi connectivity index (χ3n) is 2.01. The van der Waals surface area contributed by atoms with E-state index in [1.807, 2.05) is 20.8 Å². The molecule has 0 aliphatic carbocycles. The van der Waals surface area contributed by atoms with E-state index in [1.165, 1.54) is 0 Å². The van der Waals surface area contributed by atoms with Gasteiger partial charge >= 0.3 is 0 Å². The van der Waals surface area contributed by atoms with E-state index >= 15 is 0 Å². The Hall–Kier alpha value is -1.14. The normalized spacial score (nSPS) is 15.5. The minimum atomic E-state index is -1.37. The van der Waals surface area contributed by atoms with Gasteiger partial charge in [-0.1, -0.05) is 20.8 Å². The molecule has 0 bridgehead atoms. The first kappa shape index (κ1) is 13.9. The van der Waals surface area contributed by atoms with Crippen molar-refractivity contribution >= 4 is 11.8 Å². The smallest absolute Gasteiger partial charge is 0.248 e. The summed E-state index contributed by atoms with van der Waals surface area (Å²) < 4.78 is 0. The largest absolute Gasteiger partial charge is 0.381 e. The third-order valence-corrected chi connectivity index (χ3v) is 2.01. The standard InChI is InChI=1S/C9H19N3O3/c1-9(2,3)6(10)8(15)12-4-5(13)7(11)14/h5-6,13H,4,10H2,1-3H3,(H2,11,14)(H,12,15)/t5?,6-/m0/s1. The first-order valence-corrected chi connectivity index (χ1v) is 4.67. The molecule has 0 rings (SSSR count). The first-order chi connectivity index (χ1) is 6.66. The van der Waals surface area contributed by atoms with Gasteiger partial charge in [0, 0.05) is 0 Å². The second kappa shape index (κ2) is 5.09. The number of nitrogens with two attached hydrogens (primary N) is 2. The van der Waals surface area contributed by atoms with Crippen LogP contribution in [0.5, 0.6) is 0 Å². The number of nitrogens with one attached hydrogen (secondary N) is 1. The molecule has 1 unspecified atom stereocenters. The average Bonchev–Trinajstić information content (AvgIpc) is 2.10. The predicted molar refractivity (Wildman–Crippen MR) is 55.6 cm³/mol. The molecule has 88 valence electrons. The minimum absolute atomic E-state index is 0.210. The van der Waals surface area contributed by atoms with Crippen LogP contribution >= 0.6 is 0 Å². The number of carbonyl (C=O) groups excluding carboxylic acids is 2. The monoisotopic (exact) mass is 217 g/mol. The zero-order valence-corrected chi connectivity index (χ0v) is 9.28. The molecule has 6 heteroatoms. The summed E-state index contributed by atoms with van der Waals surface area (Å²) in [6.45, 7) is 5.25. The Labute approximate surface area is 89.0 Å². The summed E-state index contributed by atoms with van der Waals surface area (Å²) in [7, 11) is 0. The molecule has 2 amide bonds. The average molecular weight is 217 g/mol. The van der Waals surface area contributed by atoms with Gasteiger partial charge in [0.1, 0.15) is 6.10 Å². The molecular weight excluding hydrogens is 198 g/mol. The van der Waals surface area contributed by atoms with Crippen LogP contribution in [0.15, 0.2) is 0 Å². The highest BCUT2D eigenvalue weighted by molar-refractivity contribution is 5.84. The van der Waals surface area contributed by atoms with E-state index in [4.69, 9.17) is 16.6 Å². The van der Waals surface area contributed by atoms with Gasteiger partial charge in [-0.3, -0.25) is 9.59 Å². The molecule has 6 N–H and O–H groups in total. The number of aliphatic hydroxyl groups is 1. The van der Waals surface area contributed by atoms with E-state index in [0.717, 1.165) is 0 Å². The fraction of sp³-hybridized carbons (Fsp3) is 0.778. The fourth-order valence-corrected chi connectivity index (χ4v) is 0.801. The SMILES string of the molecule is CC(C)(C)[C@@H](N)C(=O)NCC(O)C(N)=O. The van der Waals surface area contributed by atoms with Gasteiger partial charge in [0.15, 0.2) is 0 Å². The van der Waals surface area contributed by atoms with Crippen LogP contribution in [0.2, 0.25) is 0 Å². The molecule has 0 aliphatic heterocycles. The summed E-state index contributed by atoms with van der Waals surface area (Å²) in [5.41, 5.74) is 10.1. The van der Waals surface area contributed by atoms with E-state index < -0.39 is 24.0 Å². The predicted octanol–water partition coefficient (Wildman–Crippen LogP) is -1.68. The summed E-state index contributed by atoms with van der Waals surface area (Å²) in [6, 6.07) is -0.697. The van der Waals surface area contributed by atoms with Crippen molar-refractivity contribution < 1.29 is 14.7 Å². The van der Waals surface area contributed by atoms with Gasteiger partial charge in [0.25, 0.3) is 0 Å². The summed E-state index contributed by atoms with van der Waals surface area (Å²) >= 11 is 0. The molecule has 0 saturated heterocycles. The second-order valence-electron chi connectivity index (χ2n) is 4.51. The van der Waals surface area contributed by atoms with E-state index in [-0.39, 0.29) is 12.0 Å². The van der Waals surface area contributed by atoms with Crippen molar-refractivity contribution in [1.82, 2.24) is 5.32 Å². The first-order valence-electron chi connectivity index (χ1n) is 4.67. The highest BCUT2D eigenvalue weighted by atomic mass is 16.3. The second-order valence-corrected chi connectivity index (χ2v) is 4.51. The van der Waals surface area contributed by atoms with Gasteiger partial charge in [-0.05, 0) is 5.41 Å². The molecule has 0 heterocycles. The topological polar surface area (TPSA) is 118 Å². The van der Waals surface area contributed by atoms with Crippen molar-refractivity contribution in [3.05, 3.63) is 0 Å². The van der Waals surface area contributed by atoms with Crippen LogP contribution < -0.4 is 16.8 Å². The molecule has 6 nitrogen and oxygen atoms in total. The van der Waals surface area contributed by atoms with Gasteiger partial charge < -0.3 is 21.9 Å². The number of primary amides is 1. The molecular formula is C9H19N3O3. The van der Waals surface area contributed by atoms with E-state index in [9.17, 15) is 9.59 Å². The van der Waals surface area contributed by atoms with Crippen molar-refractivity contribution in [2.75, 3.05) is 6.54 Å². The van der Waals surface area contributed by atoms with Crippen molar-refractivity contribution in [2.45, 2.75) is 32.9 Å². The molecule has 0 aromatic heterocycles. The van der Waals surface area contributed by atoms with Crippen LogP contribution in [0.3, 0.4) is 0 Å². The fourth-order valence-electron chi connectivity index (χ4n) is 0.801. The Bertz CT molecular complexity index is 247. The molecule has 0 aliphatic rings. The summed E-state index contributed by atoms with van der Waals surface area (Å²) in [5.74, 6) is -1.29. The minimum Gasteiger partial charge on any atom is -0.381 e. The van der Waals surface area contributed by atoms with E-state index in [2.05, 4.69) is 5.32 Å². The maximum absolute atomic E-state index is 11.4. The third kappa shape index (κ3) is 4.75. The number of aliphatic hydroxyl groups excluding tert-OH is 1. The molecule has 0 fully saturated rings. The van der Waals surface area contributed by atoms with Gasteiger partial charge in [-0.2, -0.15) is 0 Å². The Morgan fingerprint density at radius 3 is 2.20 bits per heavy atom. The molecule has 0 spiro atoms. The molecule has 15 heavy (non-hydrogen) atoms. The highest BCUT2D eigenvalue weighted by Crippen LogP contribution is 2.16. The van der Waals surface area contributed by atoms with E-state index in [0.29, 0.717) is 0 Å². The van der Waals surface area contributed by atoms with Gasteiger partial charge in [0.2, 0.25) is 11.8 Å². The van der Waals surface area contributed by atoms with Crippen LogP contribution in [0.25, 0.3) is 0 Å². The Morgan fingerprint density at radius 2 is 1.87 bits per heavy atom. The number of carbonyl (C=O) groups is 2. The lowest BCUT2D eigenvalue weighted by Gasteiger charge is -2.26. The van der Waals surface area contributed by atoms with Crippen LogP contribution in [0, 0.1) is 5.41 Å². The van der Waals surface area contributed by atoms with Gasteiger partial charge in [-0.25, -0.2) is 0 Å². The molecule has 2 atom stereocenters. The number of amides is 2. The Balaban J connectivity index is 4.11. The summed E-state index contributed by atoms with van der Waals surface area (Å²) in [4.78, 5) is 21.9. The van der Waals surface area contributed by atoms with Gasteiger partial charge in [-0.15, -0.1) is 0 Å². The highest BCUT2D eigenvalue weighted by Gasteiger charge is 2.27. The van der Waals surface area contributed by atoms with Crippen LogP contribution in [0.1, 0.15) is 20.8 Å². The maximum Gasteiger partial charge on any atom is 0.248 e. The number of hydrogen-bond acceptors (Lipinski definition) is 4. The zero-order chi connectivity index (χ0) is 12.2. The lowest BCUT2D eigenvalue weighted by Crippen LogP contribution is -2.51. The molecule has 0 aromatic carbocycles. The van der Waals surface area contributed by atoms with Crippen LogP contribution in [-0.2, 0) is 9.59 Å². The molecule has 0 radical (unpaired) electrons. The van der Waals surface area contributed by atoms with E-state index in [1.54, 1.807) is 0 Å². The van der Waals surface area contributed by atoms with Crippen LogP contribution in [-0.4, -0.2) is 35.6 Å². The van der Waals surface area contributed by atoms with Crippen LogP contribution in [0.4, 0.5) is 0 Å². The molecule has 0 saturated carbocycles. The zero-order valence-electron chi connectivity index (χ0n) is 9.28. The lowest BCUT2D eigenvalue weighted by molar-refractivity contribution is -0.128.